The molecule has 0 bridgehead atoms. The number of hydrogen-bond acceptors (Lipinski definition) is 3. The second-order valence-electron chi connectivity index (χ2n) is 10.4. The molecule has 5 rings (SSSR count). The van der Waals surface area contributed by atoms with Gasteiger partial charge in [-0.3, -0.25) is 0 Å². The van der Waals surface area contributed by atoms with Crippen molar-refractivity contribution in [2.45, 2.75) is 32.4 Å². The van der Waals surface area contributed by atoms with Crippen LogP contribution >= 0.6 is 0 Å². The van der Waals surface area contributed by atoms with Crippen molar-refractivity contribution in [1.82, 2.24) is 4.90 Å². The van der Waals surface area contributed by atoms with Gasteiger partial charge in [-0.1, -0.05) is 93.6 Å². The molecule has 4 aromatic carbocycles. The van der Waals surface area contributed by atoms with Crippen molar-refractivity contribution in [2.24, 2.45) is 0 Å². The molecular formula is C33H31N3. The summed E-state index contributed by atoms with van der Waals surface area (Å²) in [6, 6.07) is 36.2. The van der Waals surface area contributed by atoms with Gasteiger partial charge in [-0.15, -0.1) is 0 Å². The molecule has 0 spiro atoms. The predicted molar refractivity (Wildman–Crippen MR) is 149 cm³/mol. The van der Waals surface area contributed by atoms with E-state index in [-0.39, 0.29) is 11.6 Å². The topological polar surface area (TPSA) is 30.3 Å². The molecule has 3 heteroatoms. The van der Waals surface area contributed by atoms with Crippen LogP contribution in [-0.2, 0) is 5.41 Å². The molecule has 0 saturated heterocycles. The van der Waals surface area contributed by atoms with Crippen LogP contribution in [-0.4, -0.2) is 11.9 Å². The molecule has 36 heavy (non-hydrogen) atoms. The third-order valence-electron chi connectivity index (χ3n) is 6.83. The van der Waals surface area contributed by atoms with E-state index < -0.39 is 0 Å². The van der Waals surface area contributed by atoms with Crippen molar-refractivity contribution in [3.05, 3.63) is 126 Å². The first kappa shape index (κ1) is 23.5. The van der Waals surface area contributed by atoms with Gasteiger partial charge < -0.3 is 9.80 Å². The maximum absolute atomic E-state index is 9.55. The summed E-state index contributed by atoms with van der Waals surface area (Å²) in [6.07, 6.45) is 4.21. The molecular weight excluding hydrogens is 438 g/mol. The molecule has 1 unspecified atom stereocenters. The number of nitriles is 1. The quantitative estimate of drug-likeness (QED) is 0.302. The van der Waals surface area contributed by atoms with Gasteiger partial charge in [-0.25, -0.2) is 0 Å². The molecule has 4 aromatic rings. The van der Waals surface area contributed by atoms with Crippen LogP contribution in [0.4, 0.5) is 5.69 Å². The second-order valence-corrected chi connectivity index (χ2v) is 10.4. The van der Waals surface area contributed by atoms with Gasteiger partial charge in [-0.05, 0) is 51.9 Å². The largest absolute Gasteiger partial charge is 0.355 e. The second kappa shape index (κ2) is 9.40. The van der Waals surface area contributed by atoms with E-state index in [9.17, 15) is 5.26 Å². The maximum atomic E-state index is 9.55. The fourth-order valence-electron chi connectivity index (χ4n) is 4.92. The zero-order valence-corrected chi connectivity index (χ0v) is 21.3. The molecule has 0 radical (unpaired) electrons. The normalized spacial score (nSPS) is 15.2. The Morgan fingerprint density at radius 2 is 1.31 bits per heavy atom. The lowest BCUT2D eigenvalue weighted by Crippen LogP contribution is -2.29. The summed E-state index contributed by atoms with van der Waals surface area (Å²) < 4.78 is 0. The van der Waals surface area contributed by atoms with Crippen molar-refractivity contribution in [3.63, 3.8) is 0 Å². The lowest BCUT2D eigenvalue weighted by Gasteiger charge is -2.35. The van der Waals surface area contributed by atoms with Crippen LogP contribution in [0.25, 0.3) is 22.3 Å². The van der Waals surface area contributed by atoms with E-state index >= 15 is 0 Å². The van der Waals surface area contributed by atoms with Crippen LogP contribution in [0.5, 0.6) is 0 Å². The average molecular weight is 470 g/mol. The lowest BCUT2D eigenvalue weighted by atomic mass is 9.82. The summed E-state index contributed by atoms with van der Waals surface area (Å²) in [5.74, 6) is 0. The molecule has 1 aliphatic heterocycles. The minimum atomic E-state index is -0.0660. The summed E-state index contributed by atoms with van der Waals surface area (Å²) in [4.78, 5) is 4.56. The van der Waals surface area contributed by atoms with Gasteiger partial charge in [0.1, 0.15) is 6.17 Å². The number of hydrogen-bond donors (Lipinski definition) is 0. The SMILES string of the molecule is CN1C=CN(c2c(-c3ccccc3)cc(C(C)(C)C)cc2-c2ccccc2)C1c1cccc(C#N)c1. The molecule has 0 aromatic heterocycles. The molecule has 3 nitrogen and oxygen atoms in total. The molecule has 1 atom stereocenters. The molecule has 1 aliphatic rings. The third kappa shape index (κ3) is 4.39. The highest BCUT2D eigenvalue weighted by Crippen LogP contribution is 2.47. The lowest BCUT2D eigenvalue weighted by molar-refractivity contribution is 0.368. The third-order valence-corrected chi connectivity index (χ3v) is 6.83. The highest BCUT2D eigenvalue weighted by atomic mass is 15.4. The molecule has 0 amide bonds. The van der Waals surface area contributed by atoms with Crippen molar-refractivity contribution < 1.29 is 0 Å². The zero-order chi connectivity index (χ0) is 25.3. The Morgan fingerprint density at radius 1 is 0.722 bits per heavy atom. The van der Waals surface area contributed by atoms with E-state index in [1.54, 1.807) is 0 Å². The monoisotopic (exact) mass is 469 g/mol. The fourth-order valence-corrected chi connectivity index (χ4v) is 4.92. The standard InChI is InChI=1S/C33H31N3/c1-33(2,3)28-21-29(25-13-7-5-8-14-25)31(30(22-28)26-15-9-6-10-16-26)36-19-18-35(4)32(36)27-17-11-12-24(20-27)23-34/h5-22,32H,1-4H3. The van der Waals surface area contributed by atoms with E-state index in [1.807, 2.05) is 18.2 Å². The van der Waals surface area contributed by atoms with Gasteiger partial charge in [-0.2, -0.15) is 5.26 Å². The maximum Gasteiger partial charge on any atom is 0.131 e. The first-order chi connectivity index (χ1) is 17.4. The first-order valence-electron chi connectivity index (χ1n) is 12.3. The minimum absolute atomic E-state index is 0.0102. The molecule has 1 heterocycles. The van der Waals surface area contributed by atoms with Gasteiger partial charge in [0.25, 0.3) is 0 Å². The van der Waals surface area contributed by atoms with Crippen molar-refractivity contribution >= 4 is 5.69 Å². The Morgan fingerprint density at radius 3 is 1.83 bits per heavy atom. The highest BCUT2D eigenvalue weighted by Gasteiger charge is 2.32. The van der Waals surface area contributed by atoms with Crippen LogP contribution in [0.3, 0.4) is 0 Å². The number of benzene rings is 4. The van der Waals surface area contributed by atoms with E-state index in [0.717, 1.165) is 11.3 Å². The van der Waals surface area contributed by atoms with Crippen molar-refractivity contribution in [2.75, 3.05) is 11.9 Å². The Hall–Kier alpha value is -4.29. The number of anilines is 1. The van der Waals surface area contributed by atoms with Crippen LogP contribution < -0.4 is 4.90 Å². The van der Waals surface area contributed by atoms with E-state index in [2.05, 4.69) is 135 Å². The van der Waals surface area contributed by atoms with Crippen molar-refractivity contribution in [3.8, 4) is 28.3 Å². The molecule has 0 saturated carbocycles. The Kier molecular flexibility index (Phi) is 6.12. The van der Waals surface area contributed by atoms with E-state index in [4.69, 9.17) is 0 Å². The van der Waals surface area contributed by atoms with Gasteiger partial charge in [0.05, 0.1) is 17.3 Å². The summed E-state index contributed by atoms with van der Waals surface area (Å²) >= 11 is 0. The Bertz CT molecular complexity index is 1380. The summed E-state index contributed by atoms with van der Waals surface area (Å²) in [5, 5.41) is 9.55. The highest BCUT2D eigenvalue weighted by molar-refractivity contribution is 5.93. The van der Waals surface area contributed by atoms with Gasteiger partial charge in [0, 0.05) is 30.6 Å². The average Bonchev–Trinajstić information content (AvgIpc) is 3.29. The Balaban J connectivity index is 1.82. The number of rotatable bonds is 4. The Labute approximate surface area is 214 Å². The van der Waals surface area contributed by atoms with E-state index in [0.29, 0.717) is 5.56 Å². The van der Waals surface area contributed by atoms with Crippen molar-refractivity contribution in [1.29, 1.82) is 5.26 Å². The van der Waals surface area contributed by atoms with Gasteiger partial charge in [0.15, 0.2) is 0 Å². The van der Waals surface area contributed by atoms with Gasteiger partial charge >= 0.3 is 0 Å². The summed E-state index contributed by atoms with van der Waals surface area (Å²) in [6.45, 7) is 6.81. The first-order valence-corrected chi connectivity index (χ1v) is 12.3. The summed E-state index contributed by atoms with van der Waals surface area (Å²) in [7, 11) is 2.09. The van der Waals surface area contributed by atoms with Crippen LogP contribution in [0, 0.1) is 11.3 Å². The fraction of sp³-hybridized carbons (Fsp3) is 0.182. The van der Waals surface area contributed by atoms with Crippen LogP contribution in [0.15, 0.2) is 109 Å². The van der Waals surface area contributed by atoms with Gasteiger partial charge in [0.2, 0.25) is 0 Å². The smallest absolute Gasteiger partial charge is 0.131 e. The predicted octanol–water partition coefficient (Wildman–Crippen LogP) is 8.11. The molecule has 178 valence electrons. The number of nitrogens with zero attached hydrogens (tertiary/aromatic N) is 3. The van der Waals surface area contributed by atoms with Crippen LogP contribution in [0.1, 0.15) is 43.6 Å². The van der Waals surface area contributed by atoms with E-state index in [1.165, 1.54) is 27.8 Å². The van der Waals surface area contributed by atoms with Crippen LogP contribution in [0.2, 0.25) is 0 Å². The molecule has 0 N–H and O–H groups in total. The zero-order valence-electron chi connectivity index (χ0n) is 21.3. The molecule has 0 aliphatic carbocycles. The minimum Gasteiger partial charge on any atom is -0.355 e. The summed E-state index contributed by atoms with van der Waals surface area (Å²) in [5.41, 5.74) is 8.96. The molecule has 0 fully saturated rings.